The lowest BCUT2D eigenvalue weighted by Gasteiger charge is -2.35. The summed E-state index contributed by atoms with van der Waals surface area (Å²) in [6, 6.07) is 1.95. The molecule has 0 aromatic carbocycles. The van der Waals surface area contributed by atoms with Crippen LogP contribution in [0.4, 0.5) is 4.79 Å². The third-order valence-electron chi connectivity index (χ3n) is 3.41. The molecule has 2 amide bonds. The van der Waals surface area contributed by atoms with E-state index in [1.807, 2.05) is 6.92 Å². The predicted octanol–water partition coefficient (Wildman–Crippen LogP) is 1.38. The van der Waals surface area contributed by atoms with E-state index in [9.17, 15) is 9.59 Å². The van der Waals surface area contributed by atoms with Crippen molar-refractivity contribution in [3.8, 4) is 6.07 Å². The highest BCUT2D eigenvalue weighted by Gasteiger charge is 2.30. The quantitative estimate of drug-likeness (QED) is 0.834. The number of nitrogens with zero attached hydrogens (tertiary/aromatic N) is 3. The lowest BCUT2D eigenvalue weighted by molar-refractivity contribution is -0.143. The highest BCUT2D eigenvalue weighted by atomic mass is 16.4. The first-order valence-electron chi connectivity index (χ1n) is 6.65. The number of urea groups is 1. The summed E-state index contributed by atoms with van der Waals surface area (Å²) in [5, 5.41) is 17.8. The van der Waals surface area contributed by atoms with Crippen LogP contribution in [0, 0.1) is 23.2 Å². The van der Waals surface area contributed by atoms with Gasteiger partial charge in [0.25, 0.3) is 0 Å². The standard InChI is InChI=1S/C13H21N3O3/c1-3-15(8-10(2)7-14)13(19)16-6-4-5-11(9-16)12(17)18/h10-11H,3-6,8-9H2,1-2H3,(H,17,18). The molecule has 0 bridgehead atoms. The van der Waals surface area contributed by atoms with Gasteiger partial charge < -0.3 is 14.9 Å². The number of amides is 2. The largest absolute Gasteiger partial charge is 0.481 e. The molecule has 106 valence electrons. The van der Waals surface area contributed by atoms with Gasteiger partial charge in [0.2, 0.25) is 0 Å². The number of carboxylic acid groups (broad SMARTS) is 1. The van der Waals surface area contributed by atoms with Crippen molar-refractivity contribution in [1.82, 2.24) is 9.80 Å². The Balaban J connectivity index is 2.64. The fourth-order valence-corrected chi connectivity index (χ4v) is 2.27. The summed E-state index contributed by atoms with van der Waals surface area (Å²) < 4.78 is 0. The maximum Gasteiger partial charge on any atom is 0.320 e. The Kier molecular flexibility index (Phi) is 5.61. The van der Waals surface area contributed by atoms with Gasteiger partial charge in [-0.1, -0.05) is 0 Å². The molecule has 0 radical (unpaired) electrons. The number of carbonyl (C=O) groups is 2. The second-order valence-electron chi connectivity index (χ2n) is 4.97. The minimum absolute atomic E-state index is 0.157. The zero-order valence-corrected chi connectivity index (χ0v) is 11.5. The van der Waals surface area contributed by atoms with E-state index >= 15 is 0 Å². The van der Waals surface area contributed by atoms with Crippen LogP contribution >= 0.6 is 0 Å². The summed E-state index contributed by atoms with van der Waals surface area (Å²) in [5.41, 5.74) is 0. The molecule has 0 saturated carbocycles. The first kappa shape index (κ1) is 15.3. The van der Waals surface area contributed by atoms with Gasteiger partial charge in [0.15, 0.2) is 0 Å². The van der Waals surface area contributed by atoms with Crippen LogP contribution in [0.1, 0.15) is 26.7 Å². The van der Waals surface area contributed by atoms with Crippen molar-refractivity contribution in [2.24, 2.45) is 11.8 Å². The molecule has 1 N–H and O–H groups in total. The maximum atomic E-state index is 12.3. The molecule has 1 aliphatic rings. The number of aliphatic carboxylic acids is 1. The summed E-state index contributed by atoms with van der Waals surface area (Å²) >= 11 is 0. The highest BCUT2D eigenvalue weighted by molar-refractivity contribution is 5.76. The molecule has 1 fully saturated rings. The van der Waals surface area contributed by atoms with E-state index in [0.29, 0.717) is 32.5 Å². The van der Waals surface area contributed by atoms with Gasteiger partial charge in [-0.15, -0.1) is 0 Å². The fraction of sp³-hybridized carbons (Fsp3) is 0.769. The lowest BCUT2D eigenvalue weighted by atomic mass is 9.98. The van der Waals surface area contributed by atoms with E-state index in [2.05, 4.69) is 6.07 Å². The Hall–Kier alpha value is -1.77. The molecule has 1 aliphatic heterocycles. The highest BCUT2D eigenvalue weighted by Crippen LogP contribution is 2.18. The molecule has 1 heterocycles. The van der Waals surface area contributed by atoms with Crippen LogP contribution in [-0.4, -0.2) is 53.1 Å². The summed E-state index contributed by atoms with van der Waals surface area (Å²) in [4.78, 5) is 26.5. The topological polar surface area (TPSA) is 84.6 Å². The summed E-state index contributed by atoms with van der Waals surface area (Å²) in [7, 11) is 0. The third kappa shape index (κ3) is 4.12. The van der Waals surface area contributed by atoms with Crippen molar-refractivity contribution in [2.45, 2.75) is 26.7 Å². The third-order valence-corrected chi connectivity index (χ3v) is 3.41. The molecule has 1 saturated heterocycles. The van der Waals surface area contributed by atoms with Crippen molar-refractivity contribution >= 4 is 12.0 Å². The van der Waals surface area contributed by atoms with Crippen molar-refractivity contribution in [2.75, 3.05) is 26.2 Å². The van der Waals surface area contributed by atoms with Gasteiger partial charge >= 0.3 is 12.0 Å². The zero-order valence-electron chi connectivity index (χ0n) is 11.5. The first-order valence-corrected chi connectivity index (χ1v) is 6.65. The van der Waals surface area contributed by atoms with Gasteiger partial charge in [0.05, 0.1) is 17.9 Å². The Morgan fingerprint density at radius 2 is 2.26 bits per heavy atom. The number of hydrogen-bond donors (Lipinski definition) is 1. The minimum atomic E-state index is -0.842. The second-order valence-corrected chi connectivity index (χ2v) is 4.97. The fourth-order valence-electron chi connectivity index (χ4n) is 2.27. The normalized spacial score (nSPS) is 20.5. The van der Waals surface area contributed by atoms with Crippen LogP contribution in [-0.2, 0) is 4.79 Å². The van der Waals surface area contributed by atoms with Gasteiger partial charge in [-0.05, 0) is 26.7 Å². The van der Waals surface area contributed by atoms with Crippen LogP contribution in [0.3, 0.4) is 0 Å². The Morgan fingerprint density at radius 1 is 1.58 bits per heavy atom. The van der Waals surface area contributed by atoms with Crippen LogP contribution < -0.4 is 0 Å². The number of piperidine rings is 1. The van der Waals surface area contributed by atoms with Crippen molar-refractivity contribution in [3.05, 3.63) is 0 Å². The molecule has 0 aromatic rings. The van der Waals surface area contributed by atoms with Gasteiger partial charge in [-0.25, -0.2) is 4.79 Å². The Morgan fingerprint density at radius 3 is 2.79 bits per heavy atom. The molecule has 2 atom stereocenters. The lowest BCUT2D eigenvalue weighted by Crippen LogP contribution is -2.49. The molecule has 6 heteroatoms. The SMILES string of the molecule is CCN(CC(C)C#N)C(=O)N1CCCC(C(=O)O)C1. The summed E-state index contributed by atoms with van der Waals surface area (Å²) in [5.74, 6) is -1.53. The van der Waals surface area contributed by atoms with Gasteiger partial charge in [0, 0.05) is 26.2 Å². The molecular weight excluding hydrogens is 246 g/mol. The van der Waals surface area contributed by atoms with E-state index in [4.69, 9.17) is 10.4 Å². The number of carbonyl (C=O) groups excluding carboxylic acids is 1. The second kappa shape index (κ2) is 6.98. The van der Waals surface area contributed by atoms with Gasteiger partial charge in [0.1, 0.15) is 0 Å². The molecule has 0 spiro atoms. The Labute approximate surface area is 113 Å². The molecular formula is C13H21N3O3. The average Bonchev–Trinajstić information content (AvgIpc) is 2.43. The van der Waals surface area contributed by atoms with Crippen LogP contribution in [0.2, 0.25) is 0 Å². The molecule has 0 aliphatic carbocycles. The smallest absolute Gasteiger partial charge is 0.320 e. The molecule has 6 nitrogen and oxygen atoms in total. The maximum absolute atomic E-state index is 12.3. The van der Waals surface area contributed by atoms with E-state index in [1.165, 1.54) is 0 Å². The van der Waals surface area contributed by atoms with Crippen molar-refractivity contribution in [3.63, 3.8) is 0 Å². The first-order chi connectivity index (χ1) is 8.99. The van der Waals surface area contributed by atoms with Gasteiger partial charge in [-0.2, -0.15) is 5.26 Å². The van der Waals surface area contributed by atoms with Crippen molar-refractivity contribution < 1.29 is 14.7 Å². The number of nitriles is 1. The number of hydrogen-bond acceptors (Lipinski definition) is 3. The molecule has 0 aromatic heterocycles. The minimum Gasteiger partial charge on any atom is -0.481 e. The van der Waals surface area contributed by atoms with E-state index in [1.54, 1.807) is 16.7 Å². The molecule has 2 unspecified atom stereocenters. The molecule has 19 heavy (non-hydrogen) atoms. The summed E-state index contributed by atoms with van der Waals surface area (Å²) in [6.07, 6.45) is 1.34. The van der Waals surface area contributed by atoms with E-state index in [-0.39, 0.29) is 18.5 Å². The number of likely N-dealkylation sites (tertiary alicyclic amines) is 1. The number of carboxylic acids is 1. The van der Waals surface area contributed by atoms with E-state index in [0.717, 1.165) is 0 Å². The van der Waals surface area contributed by atoms with Crippen molar-refractivity contribution in [1.29, 1.82) is 5.26 Å². The average molecular weight is 267 g/mol. The number of rotatable bonds is 4. The van der Waals surface area contributed by atoms with Crippen LogP contribution in [0.25, 0.3) is 0 Å². The zero-order chi connectivity index (χ0) is 14.4. The monoisotopic (exact) mass is 267 g/mol. The van der Waals surface area contributed by atoms with Crippen LogP contribution in [0.15, 0.2) is 0 Å². The van der Waals surface area contributed by atoms with Crippen LogP contribution in [0.5, 0.6) is 0 Å². The summed E-state index contributed by atoms with van der Waals surface area (Å²) in [6.45, 7) is 5.41. The van der Waals surface area contributed by atoms with E-state index < -0.39 is 11.9 Å². The predicted molar refractivity (Wildman–Crippen MR) is 69.4 cm³/mol. The van der Waals surface area contributed by atoms with Gasteiger partial charge in [-0.3, -0.25) is 4.79 Å². The Bertz CT molecular complexity index is 378. The molecule has 1 rings (SSSR count).